The van der Waals surface area contributed by atoms with Crippen LogP contribution in [0.1, 0.15) is 12.2 Å². The summed E-state index contributed by atoms with van der Waals surface area (Å²) in [6.07, 6.45) is 4.93. The van der Waals surface area contributed by atoms with Crippen molar-refractivity contribution in [2.45, 2.75) is 12.8 Å². The molecule has 112 valence electrons. The molecule has 1 aromatic carbocycles. The lowest BCUT2D eigenvalue weighted by molar-refractivity contribution is 0.384. The fourth-order valence-corrected chi connectivity index (χ4v) is 2.37. The number of halogens is 1. The summed E-state index contributed by atoms with van der Waals surface area (Å²) in [5, 5.41) is 4.19. The first kappa shape index (κ1) is 14.4. The van der Waals surface area contributed by atoms with E-state index in [0.29, 0.717) is 18.7 Å². The van der Waals surface area contributed by atoms with E-state index in [1.165, 1.54) is 12.1 Å². The van der Waals surface area contributed by atoms with Crippen molar-refractivity contribution >= 4 is 0 Å². The molecule has 0 saturated heterocycles. The van der Waals surface area contributed by atoms with E-state index in [-0.39, 0.29) is 5.82 Å². The minimum atomic E-state index is -0.272. The van der Waals surface area contributed by atoms with Crippen molar-refractivity contribution in [3.8, 4) is 22.4 Å². The van der Waals surface area contributed by atoms with Crippen molar-refractivity contribution in [2.75, 3.05) is 6.54 Å². The number of pyridine rings is 1. The van der Waals surface area contributed by atoms with Gasteiger partial charge in [-0.3, -0.25) is 4.98 Å². The van der Waals surface area contributed by atoms with Gasteiger partial charge in [0, 0.05) is 24.4 Å². The fourth-order valence-electron chi connectivity index (χ4n) is 2.37. The molecule has 0 aliphatic rings. The first-order valence-corrected chi connectivity index (χ1v) is 7.14. The van der Waals surface area contributed by atoms with E-state index in [9.17, 15) is 4.39 Å². The van der Waals surface area contributed by atoms with E-state index in [1.54, 1.807) is 24.5 Å². The Balaban J connectivity index is 2.11. The summed E-state index contributed by atoms with van der Waals surface area (Å²) in [5.74, 6) is 0.488. The van der Waals surface area contributed by atoms with Crippen LogP contribution in [-0.4, -0.2) is 16.7 Å². The zero-order chi connectivity index (χ0) is 15.4. The topological polar surface area (TPSA) is 64.9 Å². The largest absolute Gasteiger partial charge is 0.360 e. The maximum absolute atomic E-state index is 13.2. The van der Waals surface area contributed by atoms with E-state index >= 15 is 0 Å². The van der Waals surface area contributed by atoms with Gasteiger partial charge in [-0.05, 0) is 42.8 Å². The first-order valence-electron chi connectivity index (χ1n) is 7.14. The van der Waals surface area contributed by atoms with Gasteiger partial charge in [0.25, 0.3) is 0 Å². The Kier molecular flexibility index (Phi) is 4.25. The van der Waals surface area contributed by atoms with E-state index in [4.69, 9.17) is 10.3 Å². The fraction of sp³-hybridized carbons (Fsp3) is 0.176. The molecule has 4 nitrogen and oxygen atoms in total. The Hall–Kier alpha value is -2.53. The number of nitrogens with zero attached hydrogens (tertiary/aromatic N) is 2. The molecule has 0 bridgehead atoms. The second kappa shape index (κ2) is 6.49. The van der Waals surface area contributed by atoms with Crippen molar-refractivity contribution in [1.29, 1.82) is 0 Å². The molecule has 0 saturated carbocycles. The summed E-state index contributed by atoms with van der Waals surface area (Å²) in [5.41, 5.74) is 8.91. The highest BCUT2D eigenvalue weighted by Crippen LogP contribution is 2.34. The molecule has 0 aliphatic heterocycles. The smallest absolute Gasteiger partial charge is 0.145 e. The molecule has 2 N–H and O–H groups in total. The van der Waals surface area contributed by atoms with E-state index < -0.39 is 0 Å². The van der Waals surface area contributed by atoms with Gasteiger partial charge < -0.3 is 10.3 Å². The average Bonchev–Trinajstić information content (AvgIpc) is 2.98. The van der Waals surface area contributed by atoms with Gasteiger partial charge in [0.15, 0.2) is 0 Å². The molecular weight excluding hydrogens is 281 g/mol. The third kappa shape index (κ3) is 2.89. The van der Waals surface area contributed by atoms with Gasteiger partial charge >= 0.3 is 0 Å². The van der Waals surface area contributed by atoms with Crippen molar-refractivity contribution in [1.82, 2.24) is 10.1 Å². The minimum Gasteiger partial charge on any atom is -0.360 e. The van der Waals surface area contributed by atoms with Crippen LogP contribution in [0.5, 0.6) is 0 Å². The van der Waals surface area contributed by atoms with E-state index in [1.807, 2.05) is 12.1 Å². The van der Waals surface area contributed by atoms with Crippen LogP contribution in [0.4, 0.5) is 4.39 Å². The lowest BCUT2D eigenvalue weighted by atomic mass is 9.98. The second-order valence-corrected chi connectivity index (χ2v) is 4.97. The van der Waals surface area contributed by atoms with Gasteiger partial charge in [-0.1, -0.05) is 17.3 Å². The van der Waals surface area contributed by atoms with Crippen LogP contribution in [0.15, 0.2) is 53.3 Å². The van der Waals surface area contributed by atoms with Crippen LogP contribution in [0.25, 0.3) is 22.4 Å². The minimum absolute atomic E-state index is 0.272. The molecule has 22 heavy (non-hydrogen) atoms. The number of aromatic nitrogens is 2. The number of hydrogen-bond donors (Lipinski definition) is 1. The molecule has 3 aromatic rings. The summed E-state index contributed by atoms with van der Waals surface area (Å²) in [6.45, 7) is 0.575. The molecule has 0 spiro atoms. The number of benzene rings is 1. The maximum Gasteiger partial charge on any atom is 0.145 e. The summed E-state index contributed by atoms with van der Waals surface area (Å²) < 4.78 is 18.7. The maximum atomic E-state index is 13.2. The zero-order valence-corrected chi connectivity index (χ0v) is 12.0. The lowest BCUT2D eigenvalue weighted by Gasteiger charge is -2.04. The number of aryl methyl sites for hydroxylation is 1. The number of hydrogen-bond acceptors (Lipinski definition) is 4. The monoisotopic (exact) mass is 297 g/mol. The van der Waals surface area contributed by atoms with Crippen LogP contribution >= 0.6 is 0 Å². The predicted octanol–water partition coefficient (Wildman–Crippen LogP) is 3.43. The number of nitrogens with two attached hydrogens (primary N) is 1. The highest BCUT2D eigenvalue weighted by molar-refractivity contribution is 5.81. The normalized spacial score (nSPS) is 10.8. The lowest BCUT2D eigenvalue weighted by Crippen LogP contribution is -2.00. The Bertz CT molecular complexity index is 738. The van der Waals surface area contributed by atoms with E-state index in [0.717, 1.165) is 28.9 Å². The highest BCUT2D eigenvalue weighted by atomic mass is 19.1. The molecule has 0 fully saturated rings. The van der Waals surface area contributed by atoms with Crippen LogP contribution in [0.2, 0.25) is 0 Å². The van der Waals surface area contributed by atoms with Crippen LogP contribution in [-0.2, 0) is 6.42 Å². The first-order chi connectivity index (χ1) is 10.8. The molecule has 0 radical (unpaired) electrons. The van der Waals surface area contributed by atoms with Gasteiger partial charge in [0.1, 0.15) is 17.3 Å². The van der Waals surface area contributed by atoms with Crippen LogP contribution < -0.4 is 5.73 Å². The van der Waals surface area contributed by atoms with Gasteiger partial charge in [0.05, 0.1) is 5.56 Å². The SMILES string of the molecule is NCCCc1onc(-c2cccnc2)c1-c1ccc(F)cc1. The standard InChI is InChI=1S/C17H16FN3O/c18-14-7-5-12(6-8-14)16-15(4-1-9-19)22-21-17(16)13-3-2-10-20-11-13/h2-3,5-8,10-11H,1,4,9,19H2. The van der Waals surface area contributed by atoms with Gasteiger partial charge in [-0.15, -0.1) is 0 Å². The molecule has 3 rings (SSSR count). The van der Waals surface area contributed by atoms with Crippen LogP contribution in [0, 0.1) is 5.82 Å². The Morgan fingerprint density at radius 1 is 1.09 bits per heavy atom. The molecule has 0 unspecified atom stereocenters. The molecule has 0 atom stereocenters. The quantitative estimate of drug-likeness (QED) is 0.783. The Morgan fingerprint density at radius 3 is 2.59 bits per heavy atom. The third-order valence-electron chi connectivity index (χ3n) is 3.44. The zero-order valence-electron chi connectivity index (χ0n) is 12.0. The Morgan fingerprint density at radius 2 is 1.91 bits per heavy atom. The van der Waals surface area contributed by atoms with E-state index in [2.05, 4.69) is 10.1 Å². The van der Waals surface area contributed by atoms with Crippen LogP contribution in [0.3, 0.4) is 0 Å². The summed E-state index contributed by atoms with van der Waals surface area (Å²) in [6, 6.07) is 10.1. The van der Waals surface area contributed by atoms with Gasteiger partial charge in [0.2, 0.25) is 0 Å². The van der Waals surface area contributed by atoms with Crippen molar-refractivity contribution in [3.63, 3.8) is 0 Å². The Labute approximate surface area is 127 Å². The molecule has 0 amide bonds. The molecule has 5 heteroatoms. The molecule has 2 heterocycles. The molecule has 2 aromatic heterocycles. The van der Waals surface area contributed by atoms with Crippen molar-refractivity contribution < 1.29 is 8.91 Å². The second-order valence-electron chi connectivity index (χ2n) is 4.97. The van der Waals surface area contributed by atoms with Gasteiger partial charge in [-0.2, -0.15) is 0 Å². The van der Waals surface area contributed by atoms with Crippen molar-refractivity contribution in [2.24, 2.45) is 5.73 Å². The van der Waals surface area contributed by atoms with Gasteiger partial charge in [-0.25, -0.2) is 4.39 Å². The van der Waals surface area contributed by atoms with Crippen molar-refractivity contribution in [3.05, 3.63) is 60.4 Å². The molecular formula is C17H16FN3O. The molecule has 0 aliphatic carbocycles. The average molecular weight is 297 g/mol. The highest BCUT2D eigenvalue weighted by Gasteiger charge is 2.19. The summed E-state index contributed by atoms with van der Waals surface area (Å²) in [7, 11) is 0. The summed E-state index contributed by atoms with van der Waals surface area (Å²) >= 11 is 0. The predicted molar refractivity (Wildman–Crippen MR) is 82.5 cm³/mol. The summed E-state index contributed by atoms with van der Waals surface area (Å²) in [4.78, 5) is 4.12. The number of rotatable bonds is 5. The third-order valence-corrected chi connectivity index (χ3v) is 3.44.